The number of hydrogen-bond acceptors (Lipinski definition) is 4. The van der Waals surface area contributed by atoms with E-state index in [1.54, 1.807) is 30.3 Å². The number of aromatic nitrogens is 1. The van der Waals surface area contributed by atoms with Gasteiger partial charge in [-0.2, -0.15) is 13.2 Å². The molecule has 0 aliphatic carbocycles. The van der Waals surface area contributed by atoms with Gasteiger partial charge in [-0.1, -0.05) is 72.8 Å². The van der Waals surface area contributed by atoms with Crippen molar-refractivity contribution in [3.63, 3.8) is 0 Å². The van der Waals surface area contributed by atoms with Crippen LogP contribution in [0.5, 0.6) is 0 Å². The Bertz CT molecular complexity index is 1410. The number of anilines is 1. The van der Waals surface area contributed by atoms with Gasteiger partial charge in [-0.15, -0.1) is 0 Å². The zero-order chi connectivity index (χ0) is 25.8. The highest BCUT2D eigenvalue weighted by Gasteiger charge is 2.39. The fraction of sp³-hybridized carbons (Fsp3) is 0.148. The Balaban J connectivity index is 1.75. The topological polar surface area (TPSA) is 70.5 Å². The summed E-state index contributed by atoms with van der Waals surface area (Å²) in [5.41, 5.74) is 3.02. The van der Waals surface area contributed by atoms with Gasteiger partial charge in [0.2, 0.25) is 10.0 Å². The van der Waals surface area contributed by atoms with Gasteiger partial charge < -0.3 is 5.11 Å². The number of pyridine rings is 1. The minimum Gasteiger partial charge on any atom is -0.384 e. The molecule has 1 heterocycles. The molecule has 0 bridgehead atoms. The molecule has 0 aliphatic heterocycles. The number of aliphatic hydroxyl groups excluding tert-OH is 1. The maximum absolute atomic E-state index is 13.1. The predicted molar refractivity (Wildman–Crippen MR) is 133 cm³/mol. The van der Waals surface area contributed by atoms with Gasteiger partial charge in [0.1, 0.15) is 6.10 Å². The zero-order valence-corrected chi connectivity index (χ0v) is 19.8. The highest BCUT2D eigenvalue weighted by Crippen LogP contribution is 2.34. The average molecular weight is 513 g/mol. The van der Waals surface area contributed by atoms with Gasteiger partial charge in [0.15, 0.2) is 5.75 Å². The molecule has 36 heavy (non-hydrogen) atoms. The van der Waals surface area contributed by atoms with Crippen LogP contribution in [0, 0.1) is 0 Å². The average Bonchev–Trinajstić information content (AvgIpc) is 2.86. The van der Waals surface area contributed by atoms with Crippen LogP contribution in [0.2, 0.25) is 0 Å². The third-order valence-electron chi connectivity index (χ3n) is 5.54. The van der Waals surface area contributed by atoms with E-state index in [9.17, 15) is 26.7 Å². The van der Waals surface area contributed by atoms with E-state index in [0.29, 0.717) is 21.0 Å². The number of sulfonamides is 1. The fourth-order valence-electron chi connectivity index (χ4n) is 3.94. The zero-order valence-electron chi connectivity index (χ0n) is 19.0. The maximum Gasteiger partial charge on any atom is 0.404 e. The van der Waals surface area contributed by atoms with Gasteiger partial charge in [0.05, 0.1) is 12.2 Å². The summed E-state index contributed by atoms with van der Waals surface area (Å²) in [4.78, 5) is 3.93. The summed E-state index contributed by atoms with van der Waals surface area (Å²) in [5, 5.41) is 11.3. The van der Waals surface area contributed by atoms with Crippen LogP contribution in [0.4, 0.5) is 18.9 Å². The molecule has 186 valence electrons. The van der Waals surface area contributed by atoms with Crippen molar-refractivity contribution in [3.05, 3.63) is 120 Å². The normalized spacial score (nSPS) is 12.8. The second-order valence-corrected chi connectivity index (χ2v) is 10.1. The molecule has 1 atom stereocenters. The molecule has 0 amide bonds. The summed E-state index contributed by atoms with van der Waals surface area (Å²) in [6.07, 6.45) is -3.19. The number of hydrogen-bond donors (Lipinski definition) is 1. The van der Waals surface area contributed by atoms with E-state index in [4.69, 9.17) is 0 Å². The molecular formula is C27H23F3N2O3S. The Labute approximate surface area is 207 Å². The van der Waals surface area contributed by atoms with Crippen LogP contribution in [0.15, 0.2) is 103 Å². The molecule has 4 rings (SSSR count). The second kappa shape index (κ2) is 10.5. The van der Waals surface area contributed by atoms with Crippen molar-refractivity contribution in [3.8, 4) is 11.1 Å². The maximum atomic E-state index is 13.1. The summed E-state index contributed by atoms with van der Waals surface area (Å²) < 4.78 is 65.9. The third kappa shape index (κ3) is 6.10. The van der Waals surface area contributed by atoms with Crippen molar-refractivity contribution >= 4 is 15.7 Å². The van der Waals surface area contributed by atoms with E-state index in [2.05, 4.69) is 4.98 Å². The highest BCUT2D eigenvalue weighted by molar-refractivity contribution is 7.92. The molecular weight excluding hydrogens is 489 g/mol. The third-order valence-corrected chi connectivity index (χ3v) is 7.25. The monoisotopic (exact) mass is 512 g/mol. The number of aliphatic hydroxyl groups is 1. The van der Waals surface area contributed by atoms with E-state index in [1.165, 1.54) is 30.6 Å². The lowest BCUT2D eigenvalue weighted by molar-refractivity contribution is -0.106. The Morgan fingerprint density at radius 3 is 2.31 bits per heavy atom. The molecule has 9 heteroatoms. The van der Waals surface area contributed by atoms with E-state index in [1.807, 2.05) is 42.5 Å². The molecule has 3 aromatic carbocycles. The standard InChI is InChI=1S/C27H23F3N2O3S/c28-27(29,30)19-36(34,35)32(18-20-8-7-15-31-17-20)23-12-6-11-22(16-23)26(33)25-14-5-4-13-24(25)21-9-2-1-3-10-21/h1-17,26,33H,18-19H2. The quantitative estimate of drug-likeness (QED) is 0.327. The molecule has 0 spiro atoms. The van der Waals surface area contributed by atoms with E-state index in [0.717, 1.165) is 11.1 Å². The number of alkyl halides is 3. The summed E-state index contributed by atoms with van der Waals surface area (Å²) in [6, 6.07) is 25.8. The van der Waals surface area contributed by atoms with Gasteiger partial charge in [0, 0.05) is 12.4 Å². The summed E-state index contributed by atoms with van der Waals surface area (Å²) in [6.45, 7) is -0.341. The minimum atomic E-state index is -4.92. The molecule has 0 aliphatic rings. The number of halogens is 3. The van der Waals surface area contributed by atoms with Crippen molar-refractivity contribution in [2.75, 3.05) is 10.1 Å². The molecule has 0 radical (unpaired) electrons. The summed E-state index contributed by atoms with van der Waals surface area (Å²) >= 11 is 0. The lowest BCUT2D eigenvalue weighted by Crippen LogP contribution is -2.37. The van der Waals surface area contributed by atoms with Crippen molar-refractivity contribution in [2.24, 2.45) is 0 Å². The molecule has 1 aromatic heterocycles. The van der Waals surface area contributed by atoms with Gasteiger partial charge in [-0.3, -0.25) is 9.29 Å². The van der Waals surface area contributed by atoms with Gasteiger partial charge in [0.25, 0.3) is 0 Å². The lowest BCUT2D eigenvalue weighted by atomic mass is 9.92. The van der Waals surface area contributed by atoms with Crippen LogP contribution >= 0.6 is 0 Å². The predicted octanol–water partition coefficient (Wildman–Crippen LogP) is 5.73. The summed E-state index contributed by atoms with van der Waals surface area (Å²) in [7, 11) is -4.79. The number of rotatable bonds is 8. The van der Waals surface area contributed by atoms with Crippen LogP contribution in [0.25, 0.3) is 11.1 Å². The van der Waals surface area contributed by atoms with Crippen LogP contribution in [-0.4, -0.2) is 30.4 Å². The van der Waals surface area contributed by atoms with E-state index in [-0.39, 0.29) is 12.2 Å². The molecule has 0 saturated carbocycles. The highest BCUT2D eigenvalue weighted by atomic mass is 32.2. The Kier molecular flexibility index (Phi) is 7.42. The molecule has 4 aromatic rings. The fourth-order valence-corrected chi connectivity index (χ4v) is 5.29. The molecule has 0 saturated heterocycles. The van der Waals surface area contributed by atoms with Gasteiger partial charge >= 0.3 is 6.18 Å². The van der Waals surface area contributed by atoms with E-state index >= 15 is 0 Å². The van der Waals surface area contributed by atoms with E-state index < -0.39 is 28.1 Å². The van der Waals surface area contributed by atoms with Gasteiger partial charge in [-0.05, 0) is 46.0 Å². The lowest BCUT2D eigenvalue weighted by Gasteiger charge is -2.26. The minimum absolute atomic E-state index is 0.0110. The van der Waals surface area contributed by atoms with Crippen LogP contribution < -0.4 is 4.31 Å². The van der Waals surface area contributed by atoms with Crippen LogP contribution in [0.1, 0.15) is 22.8 Å². The SMILES string of the molecule is O=S(=O)(CC(F)(F)F)N(Cc1cccnc1)c1cccc(C(O)c2ccccc2-c2ccccc2)c1. The van der Waals surface area contributed by atoms with Crippen molar-refractivity contribution in [2.45, 2.75) is 18.8 Å². The van der Waals surface area contributed by atoms with Crippen LogP contribution in [0.3, 0.4) is 0 Å². The van der Waals surface area contributed by atoms with Crippen molar-refractivity contribution in [1.82, 2.24) is 4.98 Å². The summed E-state index contributed by atoms with van der Waals surface area (Å²) in [5.74, 6) is -2.01. The van der Waals surface area contributed by atoms with Crippen LogP contribution in [-0.2, 0) is 16.6 Å². The second-order valence-electron chi connectivity index (χ2n) is 8.19. The Hall–Kier alpha value is -3.69. The first-order chi connectivity index (χ1) is 17.1. The largest absolute Gasteiger partial charge is 0.404 e. The smallest absolute Gasteiger partial charge is 0.384 e. The molecule has 5 nitrogen and oxygen atoms in total. The van der Waals surface area contributed by atoms with Crippen molar-refractivity contribution < 1.29 is 26.7 Å². The molecule has 1 N–H and O–H groups in total. The number of benzene rings is 3. The Morgan fingerprint density at radius 2 is 1.61 bits per heavy atom. The number of nitrogens with zero attached hydrogens (tertiary/aromatic N) is 2. The molecule has 1 unspecified atom stereocenters. The van der Waals surface area contributed by atoms with Gasteiger partial charge in [-0.25, -0.2) is 8.42 Å². The first-order valence-electron chi connectivity index (χ1n) is 11.0. The first-order valence-corrected chi connectivity index (χ1v) is 12.6. The first kappa shape index (κ1) is 25.4. The molecule has 0 fully saturated rings. The van der Waals surface area contributed by atoms with Crippen molar-refractivity contribution in [1.29, 1.82) is 0 Å². The Morgan fingerprint density at radius 1 is 0.889 bits per heavy atom.